The molecule has 1 fully saturated rings. The molecule has 9 nitrogen and oxygen atoms in total. The van der Waals surface area contributed by atoms with Crippen molar-refractivity contribution in [3.05, 3.63) is 23.8 Å². The fourth-order valence-electron chi connectivity index (χ4n) is 4.06. The molecule has 1 aliphatic heterocycles. The number of aromatic nitrogens is 2. The number of carbonyl (C=O) groups is 3. The van der Waals surface area contributed by atoms with Crippen LogP contribution in [-0.4, -0.2) is 62.1 Å². The third kappa shape index (κ3) is 5.44. The second-order valence-corrected chi connectivity index (χ2v) is 7.84. The van der Waals surface area contributed by atoms with E-state index in [1.807, 2.05) is 6.92 Å². The van der Waals surface area contributed by atoms with Crippen LogP contribution >= 0.6 is 0 Å². The summed E-state index contributed by atoms with van der Waals surface area (Å²) in [6.45, 7) is 1.72. The molecule has 0 aromatic carbocycles. The molecule has 2 atom stereocenters. The smallest absolute Gasteiger partial charge is 0.248 e. The normalized spacial score (nSPS) is 20.1. The van der Waals surface area contributed by atoms with Gasteiger partial charge >= 0.3 is 0 Å². The van der Waals surface area contributed by atoms with Crippen LogP contribution in [0.15, 0.2) is 17.5 Å². The molecular formula is C20H27N5O4. The van der Waals surface area contributed by atoms with E-state index in [1.54, 1.807) is 18.6 Å². The summed E-state index contributed by atoms with van der Waals surface area (Å²) in [4.78, 5) is 45.2. The van der Waals surface area contributed by atoms with Gasteiger partial charge in [0.15, 0.2) is 5.78 Å². The van der Waals surface area contributed by atoms with Gasteiger partial charge in [-0.15, -0.1) is 0 Å². The van der Waals surface area contributed by atoms with Gasteiger partial charge in [0.1, 0.15) is 6.04 Å². The van der Waals surface area contributed by atoms with E-state index in [-0.39, 0.29) is 24.7 Å². The van der Waals surface area contributed by atoms with E-state index in [2.05, 4.69) is 15.1 Å². The summed E-state index contributed by atoms with van der Waals surface area (Å²) < 4.78 is 0. The molecule has 0 saturated heterocycles. The quantitative estimate of drug-likeness (QED) is 0.381. The molecule has 9 heteroatoms. The minimum Gasteiger partial charge on any atom is -0.297 e. The molecule has 2 aliphatic rings. The number of rotatable bonds is 9. The second kappa shape index (κ2) is 9.69. The van der Waals surface area contributed by atoms with Crippen LogP contribution in [0.2, 0.25) is 0 Å². The Morgan fingerprint density at radius 1 is 1.31 bits per heavy atom. The largest absolute Gasteiger partial charge is 0.297 e. The monoisotopic (exact) mass is 401 g/mol. The maximum absolute atomic E-state index is 13.2. The molecule has 0 unspecified atom stereocenters. The highest BCUT2D eigenvalue weighted by atomic mass is 16.5. The molecule has 29 heavy (non-hydrogen) atoms. The SMILES string of the molecule is Cc1cnc(CC(=O)[C@@H]2CC=NN2C(=O)[C@H](CC2CCCC2)CN(O)C=O)cn1. The number of aryl methyl sites for hydroxylation is 1. The summed E-state index contributed by atoms with van der Waals surface area (Å²) in [6.07, 6.45) is 10.3. The van der Waals surface area contributed by atoms with Crippen molar-refractivity contribution in [3.63, 3.8) is 0 Å². The van der Waals surface area contributed by atoms with Crippen molar-refractivity contribution in [3.8, 4) is 0 Å². The third-order valence-corrected chi connectivity index (χ3v) is 5.59. The number of hydrogen-bond donors (Lipinski definition) is 1. The van der Waals surface area contributed by atoms with Gasteiger partial charge in [-0.3, -0.25) is 29.6 Å². The van der Waals surface area contributed by atoms with E-state index in [0.717, 1.165) is 31.4 Å². The first-order chi connectivity index (χ1) is 14.0. The maximum atomic E-state index is 13.2. The van der Waals surface area contributed by atoms with Crippen molar-refractivity contribution >= 4 is 24.3 Å². The van der Waals surface area contributed by atoms with Gasteiger partial charge in [-0.05, 0) is 19.3 Å². The van der Waals surface area contributed by atoms with E-state index in [0.29, 0.717) is 35.9 Å². The molecule has 2 heterocycles. The highest BCUT2D eigenvalue weighted by molar-refractivity contribution is 5.94. The number of amides is 2. The van der Waals surface area contributed by atoms with Gasteiger partial charge in [0, 0.05) is 25.0 Å². The molecule has 1 saturated carbocycles. The van der Waals surface area contributed by atoms with Crippen LogP contribution < -0.4 is 0 Å². The van der Waals surface area contributed by atoms with E-state index >= 15 is 0 Å². The zero-order chi connectivity index (χ0) is 20.8. The molecule has 0 radical (unpaired) electrons. The van der Waals surface area contributed by atoms with Gasteiger partial charge in [-0.25, -0.2) is 10.1 Å². The lowest BCUT2D eigenvalue weighted by atomic mass is 9.91. The summed E-state index contributed by atoms with van der Waals surface area (Å²) in [5, 5.41) is 15.5. The van der Waals surface area contributed by atoms with E-state index in [1.165, 1.54) is 5.01 Å². The molecule has 1 aromatic heterocycles. The third-order valence-electron chi connectivity index (χ3n) is 5.59. The Morgan fingerprint density at radius 3 is 2.72 bits per heavy atom. The Balaban J connectivity index is 1.69. The number of hydroxylamine groups is 2. The van der Waals surface area contributed by atoms with Crippen molar-refractivity contribution in [2.75, 3.05) is 6.54 Å². The van der Waals surface area contributed by atoms with E-state index < -0.39 is 12.0 Å². The fraction of sp³-hybridized carbons (Fsp3) is 0.600. The number of hydrazone groups is 1. The molecule has 0 bridgehead atoms. The molecule has 156 valence electrons. The predicted octanol–water partition coefficient (Wildman–Crippen LogP) is 1.53. The molecule has 1 aromatic rings. The standard InChI is InChI=1S/C20H27N5O4/c1-14-10-22-17(11-21-14)9-19(27)18-6-7-23-25(18)20(28)16(12-24(29)13-26)8-15-4-2-3-5-15/h7,10-11,13,15-16,18,29H,2-6,8-9,12H2,1H3/t16-,18+/m1/s1. The van der Waals surface area contributed by atoms with E-state index in [9.17, 15) is 19.6 Å². The lowest BCUT2D eigenvalue weighted by Gasteiger charge is -2.28. The molecule has 1 N–H and O–H groups in total. The average Bonchev–Trinajstić information content (AvgIpc) is 3.40. The molecule has 0 spiro atoms. The summed E-state index contributed by atoms with van der Waals surface area (Å²) in [5.74, 6) is -0.713. The zero-order valence-corrected chi connectivity index (χ0v) is 16.6. The van der Waals surface area contributed by atoms with Crippen LogP contribution in [0.25, 0.3) is 0 Å². The lowest BCUT2D eigenvalue weighted by molar-refractivity contribution is -0.158. The molecule has 1 aliphatic carbocycles. The van der Waals surface area contributed by atoms with Crippen LogP contribution in [0, 0.1) is 18.8 Å². The molecule has 3 rings (SSSR count). The van der Waals surface area contributed by atoms with Crippen molar-refractivity contribution in [1.29, 1.82) is 0 Å². The summed E-state index contributed by atoms with van der Waals surface area (Å²) in [6, 6.07) is -0.694. The van der Waals surface area contributed by atoms with Gasteiger partial charge in [-0.1, -0.05) is 25.7 Å². The Bertz CT molecular complexity index is 761. The van der Waals surface area contributed by atoms with Crippen molar-refractivity contribution in [2.24, 2.45) is 16.9 Å². The van der Waals surface area contributed by atoms with Gasteiger partial charge < -0.3 is 0 Å². The van der Waals surface area contributed by atoms with Gasteiger partial charge in [-0.2, -0.15) is 5.10 Å². The number of Topliss-reactive ketones (excluding diaryl/α,β-unsaturated/α-hetero) is 1. The number of ketones is 1. The Hall–Kier alpha value is -2.68. The van der Waals surface area contributed by atoms with Gasteiger partial charge in [0.05, 0.1) is 30.3 Å². The number of nitrogens with zero attached hydrogens (tertiary/aromatic N) is 5. The maximum Gasteiger partial charge on any atom is 0.248 e. The highest BCUT2D eigenvalue weighted by Crippen LogP contribution is 2.32. The number of carbonyl (C=O) groups excluding carboxylic acids is 3. The second-order valence-electron chi connectivity index (χ2n) is 7.84. The minimum atomic E-state index is -0.694. The Labute approximate surface area is 169 Å². The molecule has 2 amide bonds. The topological polar surface area (TPSA) is 116 Å². The minimum absolute atomic E-state index is 0.0683. The van der Waals surface area contributed by atoms with Crippen molar-refractivity contribution < 1.29 is 19.6 Å². The summed E-state index contributed by atoms with van der Waals surface area (Å²) >= 11 is 0. The zero-order valence-electron chi connectivity index (χ0n) is 16.6. The Morgan fingerprint density at radius 2 is 2.07 bits per heavy atom. The summed E-state index contributed by atoms with van der Waals surface area (Å²) in [5.41, 5.74) is 1.31. The van der Waals surface area contributed by atoms with Crippen LogP contribution in [0.5, 0.6) is 0 Å². The first-order valence-corrected chi connectivity index (χ1v) is 10.0. The predicted molar refractivity (Wildman–Crippen MR) is 104 cm³/mol. The number of hydrogen-bond acceptors (Lipinski definition) is 7. The van der Waals surface area contributed by atoms with Crippen molar-refractivity contribution in [1.82, 2.24) is 20.0 Å². The van der Waals surface area contributed by atoms with Crippen LogP contribution in [0.4, 0.5) is 0 Å². The lowest BCUT2D eigenvalue weighted by Crippen LogP contribution is -2.45. The highest BCUT2D eigenvalue weighted by Gasteiger charge is 2.37. The average molecular weight is 401 g/mol. The first-order valence-electron chi connectivity index (χ1n) is 10.0. The van der Waals surface area contributed by atoms with Crippen LogP contribution in [-0.2, 0) is 20.8 Å². The van der Waals surface area contributed by atoms with E-state index in [4.69, 9.17) is 0 Å². The van der Waals surface area contributed by atoms with Gasteiger partial charge in [0.25, 0.3) is 0 Å². The van der Waals surface area contributed by atoms with Crippen molar-refractivity contribution in [2.45, 2.75) is 57.9 Å². The fourth-order valence-corrected chi connectivity index (χ4v) is 4.06. The summed E-state index contributed by atoms with van der Waals surface area (Å²) in [7, 11) is 0. The first kappa shape index (κ1) is 21.0. The van der Waals surface area contributed by atoms with Gasteiger partial charge in [0.2, 0.25) is 12.3 Å². The molecular weight excluding hydrogens is 374 g/mol. The van der Waals surface area contributed by atoms with Crippen LogP contribution in [0.3, 0.4) is 0 Å². The van der Waals surface area contributed by atoms with Crippen LogP contribution in [0.1, 0.15) is 49.9 Å². The Kier molecular flexibility index (Phi) is 7.03.